The second kappa shape index (κ2) is 6.58. The summed E-state index contributed by atoms with van der Waals surface area (Å²) in [5.41, 5.74) is 0. The lowest BCUT2D eigenvalue weighted by Crippen LogP contribution is -2.47. The van der Waals surface area contributed by atoms with Gasteiger partial charge in [0, 0.05) is 45.7 Å². The van der Waals surface area contributed by atoms with Crippen LogP contribution < -0.4 is 5.32 Å². The number of rotatable bonds is 5. The minimum atomic E-state index is 0.271. The van der Waals surface area contributed by atoms with Gasteiger partial charge in [-0.1, -0.05) is 6.08 Å². The molecule has 1 aliphatic rings. The van der Waals surface area contributed by atoms with Crippen molar-refractivity contribution in [1.82, 2.24) is 15.1 Å². The molecule has 86 valence electrons. The molecule has 0 unspecified atom stereocenters. The van der Waals surface area contributed by atoms with Crippen LogP contribution in [0.3, 0.4) is 0 Å². The van der Waals surface area contributed by atoms with E-state index in [0.717, 1.165) is 39.3 Å². The van der Waals surface area contributed by atoms with Gasteiger partial charge in [0.2, 0.25) is 5.91 Å². The number of piperazine rings is 1. The fraction of sp³-hybridized carbons (Fsp3) is 0.727. The number of likely N-dealkylation sites (N-methyl/N-ethyl adjacent to an activating group) is 1. The molecule has 1 N–H and O–H groups in total. The van der Waals surface area contributed by atoms with Crippen LogP contribution in [0.2, 0.25) is 0 Å². The molecule has 4 nitrogen and oxygen atoms in total. The third kappa shape index (κ3) is 4.44. The maximum atomic E-state index is 11.8. The summed E-state index contributed by atoms with van der Waals surface area (Å²) in [6.07, 6.45) is 2.47. The second-order valence-corrected chi connectivity index (χ2v) is 3.93. The summed E-state index contributed by atoms with van der Waals surface area (Å²) < 4.78 is 0. The van der Waals surface area contributed by atoms with E-state index in [1.165, 1.54) is 0 Å². The Morgan fingerprint density at radius 2 is 2.20 bits per heavy atom. The zero-order valence-corrected chi connectivity index (χ0v) is 9.54. The number of nitrogens with one attached hydrogen (secondary N) is 1. The Bertz CT molecular complexity index is 212. The van der Waals surface area contributed by atoms with Gasteiger partial charge in [0.15, 0.2) is 0 Å². The molecule has 4 heteroatoms. The van der Waals surface area contributed by atoms with Gasteiger partial charge in [-0.25, -0.2) is 0 Å². The van der Waals surface area contributed by atoms with E-state index in [9.17, 15) is 4.79 Å². The number of carbonyl (C=O) groups is 1. The zero-order chi connectivity index (χ0) is 11.1. The number of carbonyl (C=O) groups excluding carboxylic acids is 1. The topological polar surface area (TPSA) is 35.6 Å². The van der Waals surface area contributed by atoms with Crippen molar-refractivity contribution >= 4 is 5.91 Å². The van der Waals surface area contributed by atoms with Gasteiger partial charge in [0.1, 0.15) is 0 Å². The van der Waals surface area contributed by atoms with E-state index in [-0.39, 0.29) is 5.91 Å². The lowest BCUT2D eigenvalue weighted by molar-refractivity contribution is -0.132. The van der Waals surface area contributed by atoms with Crippen LogP contribution in [0, 0.1) is 0 Å². The lowest BCUT2D eigenvalue weighted by Gasteiger charge is -2.28. The second-order valence-electron chi connectivity index (χ2n) is 3.93. The van der Waals surface area contributed by atoms with Gasteiger partial charge in [0.25, 0.3) is 0 Å². The summed E-state index contributed by atoms with van der Waals surface area (Å²) in [5.74, 6) is 0.271. The van der Waals surface area contributed by atoms with Crippen molar-refractivity contribution in [2.45, 2.75) is 6.42 Å². The van der Waals surface area contributed by atoms with Gasteiger partial charge in [-0.15, -0.1) is 6.58 Å². The van der Waals surface area contributed by atoms with Crippen LogP contribution >= 0.6 is 0 Å². The SMILES string of the molecule is C=CCN(C)CCC(=O)N1CCNCC1. The molecule has 0 aromatic heterocycles. The summed E-state index contributed by atoms with van der Waals surface area (Å²) in [6.45, 7) is 8.88. The standard InChI is InChI=1S/C11H21N3O/c1-3-7-13(2)8-4-11(15)14-9-5-12-6-10-14/h3,12H,1,4-10H2,2H3. The molecule has 1 saturated heterocycles. The molecule has 0 spiro atoms. The number of hydrogen-bond acceptors (Lipinski definition) is 3. The minimum Gasteiger partial charge on any atom is -0.340 e. The summed E-state index contributed by atoms with van der Waals surface area (Å²) in [5, 5.41) is 3.24. The summed E-state index contributed by atoms with van der Waals surface area (Å²) >= 11 is 0. The van der Waals surface area contributed by atoms with Crippen LogP contribution in [0.1, 0.15) is 6.42 Å². The molecule has 1 amide bonds. The molecule has 1 aliphatic heterocycles. The Kier molecular flexibility index (Phi) is 5.36. The number of amides is 1. The molecular formula is C11H21N3O. The lowest BCUT2D eigenvalue weighted by atomic mass is 10.3. The van der Waals surface area contributed by atoms with Crippen LogP contribution in [0.25, 0.3) is 0 Å². The Morgan fingerprint density at radius 1 is 1.53 bits per heavy atom. The quantitative estimate of drug-likeness (QED) is 0.646. The Labute approximate surface area is 91.9 Å². The van der Waals surface area contributed by atoms with Crippen molar-refractivity contribution in [2.24, 2.45) is 0 Å². The monoisotopic (exact) mass is 211 g/mol. The van der Waals surface area contributed by atoms with Gasteiger partial charge >= 0.3 is 0 Å². The summed E-state index contributed by atoms with van der Waals surface area (Å²) in [6, 6.07) is 0. The molecule has 0 aliphatic carbocycles. The Morgan fingerprint density at radius 3 is 2.80 bits per heavy atom. The van der Waals surface area contributed by atoms with Gasteiger partial charge in [-0.3, -0.25) is 4.79 Å². The highest BCUT2D eigenvalue weighted by atomic mass is 16.2. The van der Waals surface area contributed by atoms with Crippen molar-refractivity contribution in [2.75, 3.05) is 46.3 Å². The van der Waals surface area contributed by atoms with E-state index in [0.29, 0.717) is 6.42 Å². The average molecular weight is 211 g/mol. The first-order valence-electron chi connectivity index (χ1n) is 5.52. The molecule has 15 heavy (non-hydrogen) atoms. The fourth-order valence-electron chi connectivity index (χ4n) is 1.67. The molecule has 0 aromatic carbocycles. The van der Waals surface area contributed by atoms with Crippen molar-refractivity contribution in [3.05, 3.63) is 12.7 Å². The zero-order valence-electron chi connectivity index (χ0n) is 9.54. The maximum Gasteiger partial charge on any atom is 0.223 e. The molecule has 0 saturated carbocycles. The van der Waals surface area contributed by atoms with Crippen LogP contribution in [0.15, 0.2) is 12.7 Å². The summed E-state index contributed by atoms with van der Waals surface area (Å²) in [7, 11) is 2.01. The third-order valence-electron chi connectivity index (χ3n) is 2.62. The van der Waals surface area contributed by atoms with Crippen molar-refractivity contribution in [3.8, 4) is 0 Å². The maximum absolute atomic E-state index is 11.8. The molecule has 1 rings (SSSR count). The largest absolute Gasteiger partial charge is 0.340 e. The predicted octanol–water partition coefficient (Wildman–Crippen LogP) is -0.0739. The van der Waals surface area contributed by atoms with Crippen LogP contribution in [-0.4, -0.2) is 62.0 Å². The van der Waals surface area contributed by atoms with E-state index >= 15 is 0 Å². The molecular weight excluding hydrogens is 190 g/mol. The highest BCUT2D eigenvalue weighted by Crippen LogP contribution is 1.98. The summed E-state index contributed by atoms with van der Waals surface area (Å²) in [4.78, 5) is 15.8. The third-order valence-corrected chi connectivity index (χ3v) is 2.62. The smallest absolute Gasteiger partial charge is 0.223 e. The van der Waals surface area contributed by atoms with Crippen molar-refractivity contribution < 1.29 is 4.79 Å². The first kappa shape index (κ1) is 12.2. The number of nitrogens with zero attached hydrogens (tertiary/aromatic N) is 2. The van der Waals surface area contributed by atoms with E-state index in [1.54, 1.807) is 0 Å². The molecule has 0 radical (unpaired) electrons. The molecule has 0 bridgehead atoms. The van der Waals surface area contributed by atoms with Crippen LogP contribution in [-0.2, 0) is 4.79 Å². The Hall–Kier alpha value is -0.870. The normalized spacial score (nSPS) is 16.8. The van der Waals surface area contributed by atoms with Gasteiger partial charge in [0.05, 0.1) is 0 Å². The molecule has 1 fully saturated rings. The van der Waals surface area contributed by atoms with Crippen molar-refractivity contribution in [1.29, 1.82) is 0 Å². The first-order valence-corrected chi connectivity index (χ1v) is 5.52. The first-order chi connectivity index (χ1) is 7.24. The molecule has 1 heterocycles. The van der Waals surface area contributed by atoms with Crippen LogP contribution in [0.5, 0.6) is 0 Å². The van der Waals surface area contributed by atoms with Crippen molar-refractivity contribution in [3.63, 3.8) is 0 Å². The van der Waals surface area contributed by atoms with Gasteiger partial charge in [-0.05, 0) is 7.05 Å². The van der Waals surface area contributed by atoms with Gasteiger partial charge < -0.3 is 15.1 Å². The number of hydrogen-bond donors (Lipinski definition) is 1. The highest BCUT2D eigenvalue weighted by molar-refractivity contribution is 5.76. The van der Waals surface area contributed by atoms with Gasteiger partial charge in [-0.2, -0.15) is 0 Å². The molecule has 0 aromatic rings. The average Bonchev–Trinajstić information content (AvgIpc) is 2.27. The molecule has 0 atom stereocenters. The van der Waals surface area contributed by atoms with Crippen LogP contribution in [0.4, 0.5) is 0 Å². The van der Waals surface area contributed by atoms with E-state index in [2.05, 4.69) is 16.8 Å². The Balaban J connectivity index is 2.19. The fourth-order valence-corrected chi connectivity index (χ4v) is 1.67. The van der Waals surface area contributed by atoms with E-state index in [1.807, 2.05) is 18.0 Å². The minimum absolute atomic E-state index is 0.271. The highest BCUT2D eigenvalue weighted by Gasteiger charge is 2.15. The predicted molar refractivity (Wildman–Crippen MR) is 61.8 cm³/mol. The van der Waals surface area contributed by atoms with E-state index < -0.39 is 0 Å². The van der Waals surface area contributed by atoms with E-state index in [4.69, 9.17) is 0 Å².